The van der Waals surface area contributed by atoms with E-state index in [0.29, 0.717) is 10.7 Å². The number of aromatic nitrogens is 1. The first-order chi connectivity index (χ1) is 5.65. The molecule has 0 fully saturated rings. The standard InChI is InChI=1S/C8H7BrClNO/c1-2-7(12)5-3-8(10)11-4-6(5)9/h2-4,7,12H,1H2. The fourth-order valence-electron chi connectivity index (χ4n) is 0.781. The first kappa shape index (κ1) is 9.71. The molecule has 0 radical (unpaired) electrons. The van der Waals surface area contributed by atoms with E-state index in [1.165, 1.54) is 6.08 Å². The number of hydrogen-bond donors (Lipinski definition) is 1. The van der Waals surface area contributed by atoms with Gasteiger partial charge in [0, 0.05) is 16.2 Å². The second-order valence-corrected chi connectivity index (χ2v) is 3.45. The van der Waals surface area contributed by atoms with Crippen LogP contribution in [0.15, 0.2) is 29.4 Å². The Balaban J connectivity index is 3.12. The molecule has 1 atom stereocenters. The largest absolute Gasteiger partial charge is 0.384 e. The van der Waals surface area contributed by atoms with Gasteiger partial charge in [-0.15, -0.1) is 6.58 Å². The number of rotatable bonds is 2. The van der Waals surface area contributed by atoms with Crippen LogP contribution in [0, 0.1) is 0 Å². The molecular weight excluding hydrogens is 241 g/mol. The lowest BCUT2D eigenvalue weighted by molar-refractivity contribution is 0.228. The van der Waals surface area contributed by atoms with Crippen molar-refractivity contribution < 1.29 is 5.11 Å². The second kappa shape index (κ2) is 4.03. The fourth-order valence-corrected chi connectivity index (χ4v) is 1.40. The lowest BCUT2D eigenvalue weighted by atomic mass is 10.1. The molecule has 0 spiro atoms. The van der Waals surface area contributed by atoms with Crippen molar-refractivity contribution in [2.45, 2.75) is 6.10 Å². The molecule has 4 heteroatoms. The monoisotopic (exact) mass is 247 g/mol. The minimum absolute atomic E-state index is 0.356. The number of halogens is 2. The molecule has 0 amide bonds. The third-order valence-electron chi connectivity index (χ3n) is 1.39. The van der Waals surface area contributed by atoms with Crippen LogP contribution in [-0.2, 0) is 0 Å². The topological polar surface area (TPSA) is 33.1 Å². The van der Waals surface area contributed by atoms with Crippen LogP contribution in [0.3, 0.4) is 0 Å². The van der Waals surface area contributed by atoms with Crippen LogP contribution in [0.25, 0.3) is 0 Å². The van der Waals surface area contributed by atoms with Crippen LogP contribution in [0.4, 0.5) is 0 Å². The van der Waals surface area contributed by atoms with Crippen molar-refractivity contribution in [2.24, 2.45) is 0 Å². The third kappa shape index (κ3) is 2.06. The maximum atomic E-state index is 9.40. The van der Waals surface area contributed by atoms with Gasteiger partial charge < -0.3 is 5.11 Å². The average Bonchev–Trinajstić information content (AvgIpc) is 2.08. The van der Waals surface area contributed by atoms with Gasteiger partial charge in [0.25, 0.3) is 0 Å². The van der Waals surface area contributed by atoms with Crippen molar-refractivity contribution in [3.8, 4) is 0 Å². The number of hydrogen-bond acceptors (Lipinski definition) is 2. The predicted octanol–water partition coefficient (Wildman–Crippen LogP) is 2.72. The van der Waals surface area contributed by atoms with Gasteiger partial charge in [0.05, 0.1) is 6.10 Å². The number of aliphatic hydroxyl groups excluding tert-OH is 1. The van der Waals surface area contributed by atoms with Crippen LogP contribution in [-0.4, -0.2) is 10.1 Å². The molecule has 0 aliphatic rings. The van der Waals surface area contributed by atoms with Crippen molar-refractivity contribution in [3.63, 3.8) is 0 Å². The molecule has 0 bridgehead atoms. The number of nitrogens with zero attached hydrogens (tertiary/aromatic N) is 1. The summed E-state index contributed by atoms with van der Waals surface area (Å²) in [5, 5.41) is 9.76. The van der Waals surface area contributed by atoms with Crippen LogP contribution in [0.2, 0.25) is 5.15 Å². The zero-order valence-electron chi connectivity index (χ0n) is 6.17. The minimum Gasteiger partial charge on any atom is -0.384 e. The molecular formula is C8H7BrClNO. The van der Waals surface area contributed by atoms with Gasteiger partial charge in [-0.1, -0.05) is 17.7 Å². The van der Waals surface area contributed by atoms with Crippen molar-refractivity contribution in [2.75, 3.05) is 0 Å². The van der Waals surface area contributed by atoms with Crippen molar-refractivity contribution in [1.29, 1.82) is 0 Å². The Morgan fingerprint density at radius 3 is 3.00 bits per heavy atom. The Bertz CT molecular complexity index is 303. The van der Waals surface area contributed by atoms with Crippen molar-refractivity contribution in [1.82, 2.24) is 4.98 Å². The molecule has 0 aliphatic carbocycles. The molecule has 64 valence electrons. The first-order valence-corrected chi connectivity index (χ1v) is 4.44. The molecule has 1 unspecified atom stereocenters. The smallest absolute Gasteiger partial charge is 0.129 e. The fraction of sp³-hybridized carbons (Fsp3) is 0.125. The molecule has 1 N–H and O–H groups in total. The summed E-state index contributed by atoms with van der Waals surface area (Å²) in [5.74, 6) is 0. The van der Waals surface area contributed by atoms with Gasteiger partial charge in [-0.2, -0.15) is 0 Å². The molecule has 12 heavy (non-hydrogen) atoms. The molecule has 0 saturated carbocycles. The second-order valence-electron chi connectivity index (χ2n) is 2.21. The molecule has 1 aromatic rings. The summed E-state index contributed by atoms with van der Waals surface area (Å²) in [6.07, 6.45) is 2.26. The molecule has 2 nitrogen and oxygen atoms in total. The lowest BCUT2D eigenvalue weighted by Gasteiger charge is -2.07. The van der Waals surface area contributed by atoms with E-state index in [0.717, 1.165) is 4.47 Å². The van der Waals surface area contributed by atoms with Crippen LogP contribution in [0.1, 0.15) is 11.7 Å². The van der Waals surface area contributed by atoms with Crippen LogP contribution >= 0.6 is 27.5 Å². The van der Waals surface area contributed by atoms with E-state index in [9.17, 15) is 5.11 Å². The van der Waals surface area contributed by atoms with Crippen LogP contribution in [0.5, 0.6) is 0 Å². The quantitative estimate of drug-likeness (QED) is 0.645. The molecule has 0 aromatic carbocycles. The van der Waals surface area contributed by atoms with Gasteiger partial charge in [0.15, 0.2) is 0 Å². The molecule has 0 aliphatic heterocycles. The molecule has 1 rings (SSSR count). The van der Waals surface area contributed by atoms with E-state index in [1.807, 2.05) is 0 Å². The van der Waals surface area contributed by atoms with Crippen molar-refractivity contribution in [3.05, 3.63) is 40.1 Å². The SMILES string of the molecule is C=CC(O)c1cc(Cl)ncc1Br. The van der Waals surface area contributed by atoms with Gasteiger partial charge in [-0.3, -0.25) is 0 Å². The van der Waals surface area contributed by atoms with E-state index in [4.69, 9.17) is 11.6 Å². The maximum Gasteiger partial charge on any atom is 0.129 e. The van der Waals surface area contributed by atoms with Crippen LogP contribution < -0.4 is 0 Å². The summed E-state index contributed by atoms with van der Waals surface area (Å²) < 4.78 is 0.722. The highest BCUT2D eigenvalue weighted by Gasteiger charge is 2.08. The van der Waals surface area contributed by atoms with E-state index < -0.39 is 6.10 Å². The zero-order valence-corrected chi connectivity index (χ0v) is 8.51. The van der Waals surface area contributed by atoms with Gasteiger partial charge in [0.1, 0.15) is 5.15 Å². The van der Waals surface area contributed by atoms with Gasteiger partial charge in [0.2, 0.25) is 0 Å². The minimum atomic E-state index is -0.708. The Kier molecular flexibility index (Phi) is 3.26. The van der Waals surface area contributed by atoms with E-state index in [-0.39, 0.29) is 0 Å². The predicted molar refractivity (Wildman–Crippen MR) is 52.1 cm³/mol. The summed E-state index contributed by atoms with van der Waals surface area (Å²) in [4.78, 5) is 3.83. The average molecular weight is 249 g/mol. The Labute approximate surface area is 84.0 Å². The summed E-state index contributed by atoms with van der Waals surface area (Å²) in [5.41, 5.74) is 0.671. The van der Waals surface area contributed by atoms with Gasteiger partial charge in [-0.25, -0.2) is 4.98 Å². The maximum absolute atomic E-state index is 9.40. The number of pyridine rings is 1. The zero-order chi connectivity index (χ0) is 9.14. The number of aliphatic hydroxyl groups is 1. The van der Waals surface area contributed by atoms with Gasteiger partial charge >= 0.3 is 0 Å². The normalized spacial score (nSPS) is 12.6. The third-order valence-corrected chi connectivity index (χ3v) is 2.26. The highest BCUT2D eigenvalue weighted by Crippen LogP contribution is 2.25. The summed E-state index contributed by atoms with van der Waals surface area (Å²) in [7, 11) is 0. The van der Waals surface area contributed by atoms with Crippen molar-refractivity contribution >= 4 is 27.5 Å². The van der Waals surface area contributed by atoms with E-state index >= 15 is 0 Å². The molecule has 0 saturated heterocycles. The van der Waals surface area contributed by atoms with E-state index in [2.05, 4.69) is 27.5 Å². The summed E-state index contributed by atoms with van der Waals surface area (Å²) >= 11 is 8.88. The highest BCUT2D eigenvalue weighted by molar-refractivity contribution is 9.10. The lowest BCUT2D eigenvalue weighted by Crippen LogP contribution is -1.94. The van der Waals surface area contributed by atoms with E-state index in [1.54, 1.807) is 12.3 Å². The Hall–Kier alpha value is -0.380. The summed E-state index contributed by atoms with van der Waals surface area (Å²) in [6, 6.07) is 1.60. The first-order valence-electron chi connectivity index (χ1n) is 3.26. The summed E-state index contributed by atoms with van der Waals surface area (Å²) in [6.45, 7) is 3.47. The highest BCUT2D eigenvalue weighted by atomic mass is 79.9. The van der Waals surface area contributed by atoms with Gasteiger partial charge in [-0.05, 0) is 22.0 Å². The molecule has 1 aromatic heterocycles. The molecule has 1 heterocycles. The Morgan fingerprint density at radius 1 is 1.75 bits per heavy atom. The Morgan fingerprint density at radius 2 is 2.42 bits per heavy atom.